The lowest BCUT2D eigenvalue weighted by molar-refractivity contribution is 0.0993. The van der Waals surface area contributed by atoms with Gasteiger partial charge >= 0.3 is 0 Å². The molecular weight excluding hydrogens is 236 g/mol. The van der Waals surface area contributed by atoms with Crippen LogP contribution in [0.3, 0.4) is 0 Å². The van der Waals surface area contributed by atoms with Gasteiger partial charge in [0.1, 0.15) is 0 Å². The lowest BCUT2D eigenvalue weighted by Crippen LogP contribution is -2.26. The molecule has 0 radical (unpaired) electrons. The second kappa shape index (κ2) is 5.14. The van der Waals surface area contributed by atoms with E-state index in [1.165, 1.54) is 0 Å². The van der Waals surface area contributed by atoms with Gasteiger partial charge in [0.05, 0.1) is 0 Å². The molecule has 0 spiro atoms. The predicted octanol–water partition coefficient (Wildman–Crippen LogP) is 3.16. The highest BCUT2D eigenvalue weighted by atomic mass is 16.2. The van der Waals surface area contributed by atoms with Crippen LogP contribution in [0.25, 0.3) is 0 Å². The molecule has 0 aliphatic rings. The summed E-state index contributed by atoms with van der Waals surface area (Å²) >= 11 is 0. The Balaban J connectivity index is 2.30. The topological polar surface area (TPSA) is 46.3 Å². The minimum Gasteiger partial charge on any atom is -0.399 e. The number of carbonyl (C=O) groups excluding carboxylic acids is 1. The van der Waals surface area contributed by atoms with Gasteiger partial charge in [-0.1, -0.05) is 6.07 Å². The first kappa shape index (κ1) is 13.1. The molecule has 1 amide bonds. The maximum Gasteiger partial charge on any atom is 0.258 e. The van der Waals surface area contributed by atoms with Crippen LogP contribution >= 0.6 is 0 Å². The van der Waals surface area contributed by atoms with E-state index in [4.69, 9.17) is 5.73 Å². The van der Waals surface area contributed by atoms with Crippen LogP contribution in [-0.4, -0.2) is 13.0 Å². The van der Waals surface area contributed by atoms with Crippen molar-refractivity contribution in [2.75, 3.05) is 17.7 Å². The van der Waals surface area contributed by atoms with Crippen LogP contribution in [0.1, 0.15) is 21.5 Å². The van der Waals surface area contributed by atoms with Gasteiger partial charge in [0.2, 0.25) is 0 Å². The Bertz CT molecular complexity index is 582. The number of hydrogen-bond acceptors (Lipinski definition) is 2. The SMILES string of the molecule is Cc1cc(C)cc(N(C)C(=O)c2ccc(N)cc2)c1. The fourth-order valence-electron chi connectivity index (χ4n) is 2.08. The molecule has 98 valence electrons. The molecule has 0 unspecified atom stereocenters. The summed E-state index contributed by atoms with van der Waals surface area (Å²) in [6, 6.07) is 13.1. The van der Waals surface area contributed by atoms with Crippen molar-refractivity contribution < 1.29 is 4.79 Å². The van der Waals surface area contributed by atoms with Crippen molar-refractivity contribution in [3.63, 3.8) is 0 Å². The smallest absolute Gasteiger partial charge is 0.258 e. The van der Waals surface area contributed by atoms with E-state index < -0.39 is 0 Å². The van der Waals surface area contributed by atoms with E-state index >= 15 is 0 Å². The Hall–Kier alpha value is -2.29. The van der Waals surface area contributed by atoms with Gasteiger partial charge in [0.25, 0.3) is 5.91 Å². The van der Waals surface area contributed by atoms with E-state index in [9.17, 15) is 4.79 Å². The molecule has 0 saturated carbocycles. The van der Waals surface area contributed by atoms with Gasteiger partial charge in [0, 0.05) is 24.0 Å². The summed E-state index contributed by atoms with van der Waals surface area (Å²) in [4.78, 5) is 14.0. The van der Waals surface area contributed by atoms with Crippen LogP contribution < -0.4 is 10.6 Å². The summed E-state index contributed by atoms with van der Waals surface area (Å²) in [6.45, 7) is 4.05. The van der Waals surface area contributed by atoms with Crippen molar-refractivity contribution in [2.24, 2.45) is 0 Å². The molecule has 2 N–H and O–H groups in total. The molecule has 0 aliphatic carbocycles. The van der Waals surface area contributed by atoms with Crippen molar-refractivity contribution in [3.8, 4) is 0 Å². The lowest BCUT2D eigenvalue weighted by Gasteiger charge is -2.18. The Morgan fingerprint density at radius 2 is 1.53 bits per heavy atom. The first-order chi connectivity index (χ1) is 8.97. The van der Waals surface area contributed by atoms with Crippen LogP contribution in [-0.2, 0) is 0 Å². The number of hydrogen-bond donors (Lipinski definition) is 1. The molecule has 3 heteroatoms. The Kier molecular flexibility index (Phi) is 3.56. The van der Waals surface area contributed by atoms with E-state index in [0.717, 1.165) is 16.8 Å². The zero-order valence-corrected chi connectivity index (χ0v) is 11.5. The van der Waals surface area contributed by atoms with E-state index in [1.807, 2.05) is 26.0 Å². The highest BCUT2D eigenvalue weighted by molar-refractivity contribution is 6.05. The van der Waals surface area contributed by atoms with Gasteiger partial charge in [-0.05, 0) is 61.4 Å². The minimum atomic E-state index is -0.0370. The molecule has 3 nitrogen and oxygen atoms in total. The molecule has 0 bridgehead atoms. The molecule has 0 aromatic heterocycles. The molecule has 0 heterocycles. The zero-order chi connectivity index (χ0) is 14.0. The summed E-state index contributed by atoms with van der Waals surface area (Å²) in [6.07, 6.45) is 0. The van der Waals surface area contributed by atoms with E-state index in [0.29, 0.717) is 11.3 Å². The molecule has 0 saturated heterocycles. The number of anilines is 2. The average Bonchev–Trinajstić information content (AvgIpc) is 2.37. The summed E-state index contributed by atoms with van der Waals surface area (Å²) in [5.74, 6) is -0.0370. The minimum absolute atomic E-state index is 0.0370. The standard InChI is InChI=1S/C16H18N2O/c1-11-8-12(2)10-15(9-11)18(3)16(19)13-4-6-14(17)7-5-13/h4-10H,17H2,1-3H3. The monoisotopic (exact) mass is 254 g/mol. The first-order valence-electron chi connectivity index (χ1n) is 6.19. The van der Waals surface area contributed by atoms with E-state index in [1.54, 1.807) is 36.2 Å². The van der Waals surface area contributed by atoms with Crippen LogP contribution in [0.4, 0.5) is 11.4 Å². The van der Waals surface area contributed by atoms with Crippen molar-refractivity contribution in [1.82, 2.24) is 0 Å². The van der Waals surface area contributed by atoms with Crippen LogP contribution in [0.5, 0.6) is 0 Å². The van der Waals surface area contributed by atoms with Gasteiger partial charge in [-0.2, -0.15) is 0 Å². The summed E-state index contributed by atoms with van der Waals surface area (Å²) < 4.78 is 0. The number of nitrogen functional groups attached to an aromatic ring is 1. The van der Waals surface area contributed by atoms with E-state index in [-0.39, 0.29) is 5.91 Å². The lowest BCUT2D eigenvalue weighted by atomic mass is 10.1. The fraction of sp³-hybridized carbons (Fsp3) is 0.188. The number of nitrogens with two attached hydrogens (primary N) is 1. The van der Waals surface area contributed by atoms with Crippen molar-refractivity contribution in [3.05, 3.63) is 59.2 Å². The van der Waals surface area contributed by atoms with Gasteiger partial charge in [-0.3, -0.25) is 4.79 Å². The molecule has 2 rings (SSSR count). The number of nitrogens with zero attached hydrogens (tertiary/aromatic N) is 1. The maximum atomic E-state index is 12.4. The molecule has 2 aromatic carbocycles. The summed E-state index contributed by atoms with van der Waals surface area (Å²) in [7, 11) is 1.78. The van der Waals surface area contributed by atoms with Crippen molar-refractivity contribution in [1.29, 1.82) is 0 Å². The Labute approximate surface area is 113 Å². The third-order valence-corrected chi connectivity index (χ3v) is 3.06. The second-order valence-corrected chi connectivity index (χ2v) is 4.83. The average molecular weight is 254 g/mol. The number of amides is 1. The van der Waals surface area contributed by atoms with Gasteiger partial charge in [-0.25, -0.2) is 0 Å². The predicted molar refractivity (Wildman–Crippen MR) is 79.5 cm³/mol. The molecule has 0 aliphatic heterocycles. The Morgan fingerprint density at radius 1 is 1.00 bits per heavy atom. The number of rotatable bonds is 2. The van der Waals surface area contributed by atoms with Crippen LogP contribution in [0, 0.1) is 13.8 Å². The maximum absolute atomic E-state index is 12.4. The quantitative estimate of drug-likeness (QED) is 0.837. The molecular formula is C16H18N2O. The van der Waals surface area contributed by atoms with E-state index in [2.05, 4.69) is 6.07 Å². The molecule has 2 aromatic rings. The molecule has 0 atom stereocenters. The first-order valence-corrected chi connectivity index (χ1v) is 6.19. The van der Waals surface area contributed by atoms with Gasteiger partial charge in [-0.15, -0.1) is 0 Å². The van der Waals surface area contributed by atoms with Crippen LogP contribution in [0.15, 0.2) is 42.5 Å². The highest BCUT2D eigenvalue weighted by Gasteiger charge is 2.13. The largest absolute Gasteiger partial charge is 0.399 e. The Morgan fingerprint density at radius 3 is 2.05 bits per heavy atom. The van der Waals surface area contributed by atoms with Crippen molar-refractivity contribution >= 4 is 17.3 Å². The normalized spacial score (nSPS) is 10.3. The number of benzene rings is 2. The molecule has 19 heavy (non-hydrogen) atoms. The second-order valence-electron chi connectivity index (χ2n) is 4.83. The summed E-state index contributed by atoms with van der Waals surface area (Å²) in [5.41, 5.74) is 10.1. The third-order valence-electron chi connectivity index (χ3n) is 3.06. The number of carbonyl (C=O) groups is 1. The van der Waals surface area contributed by atoms with Gasteiger partial charge < -0.3 is 10.6 Å². The highest BCUT2D eigenvalue weighted by Crippen LogP contribution is 2.19. The summed E-state index contributed by atoms with van der Waals surface area (Å²) in [5, 5.41) is 0. The van der Waals surface area contributed by atoms with Crippen molar-refractivity contribution in [2.45, 2.75) is 13.8 Å². The van der Waals surface area contributed by atoms with Crippen LogP contribution in [0.2, 0.25) is 0 Å². The fourth-order valence-corrected chi connectivity index (χ4v) is 2.08. The van der Waals surface area contributed by atoms with Gasteiger partial charge in [0.15, 0.2) is 0 Å². The molecule has 0 fully saturated rings. The zero-order valence-electron chi connectivity index (χ0n) is 11.5. The third kappa shape index (κ3) is 2.94. The number of aryl methyl sites for hydroxylation is 2.